The Bertz CT molecular complexity index is 2890. The van der Waals surface area contributed by atoms with E-state index in [0.29, 0.717) is 65.0 Å². The van der Waals surface area contributed by atoms with E-state index in [4.69, 9.17) is 18.9 Å². The van der Waals surface area contributed by atoms with E-state index in [-0.39, 0.29) is 35.2 Å². The van der Waals surface area contributed by atoms with Crippen LogP contribution in [0.15, 0.2) is 105 Å². The molecular weight excluding hydrogens is 815 g/mol. The van der Waals surface area contributed by atoms with Gasteiger partial charge in [0.05, 0.1) is 54.7 Å². The lowest BCUT2D eigenvalue weighted by molar-refractivity contribution is -0.135. The number of nitrogens with one attached hydrogen (secondary N) is 3. The second kappa shape index (κ2) is 17.5. The fourth-order valence-electron chi connectivity index (χ4n) is 9.30. The number of nitrogens with zero attached hydrogens (tertiary/aromatic N) is 4. The Morgan fingerprint density at radius 3 is 2.20 bits per heavy atom. The maximum absolute atomic E-state index is 14.0. The monoisotopic (exact) mass is 863 g/mol. The molecule has 9 rings (SSSR count). The van der Waals surface area contributed by atoms with Gasteiger partial charge in [0.15, 0.2) is 0 Å². The molecule has 0 bridgehead atoms. The van der Waals surface area contributed by atoms with Gasteiger partial charge < -0.3 is 39.3 Å². The highest BCUT2D eigenvalue weighted by atomic mass is 16.5. The van der Waals surface area contributed by atoms with Crippen LogP contribution in [0.2, 0.25) is 0 Å². The zero-order valence-corrected chi connectivity index (χ0v) is 36.1. The topological polar surface area (TPSA) is 189 Å². The molecule has 0 spiro atoms. The molecule has 3 N–H and O–H groups in total. The Kier molecular flexibility index (Phi) is 11.5. The third kappa shape index (κ3) is 7.97. The number of hydrogen-bond donors (Lipinski definition) is 3. The zero-order valence-electron chi connectivity index (χ0n) is 36.1. The van der Waals surface area contributed by atoms with E-state index in [1.807, 2.05) is 67.3 Å². The number of hydrogen-bond acceptors (Lipinski definition) is 10. The van der Waals surface area contributed by atoms with Crippen LogP contribution in [0.1, 0.15) is 68.6 Å². The average molecular weight is 864 g/mol. The van der Waals surface area contributed by atoms with Gasteiger partial charge in [0, 0.05) is 30.8 Å². The van der Waals surface area contributed by atoms with Crippen LogP contribution in [0.5, 0.6) is 0 Å². The van der Waals surface area contributed by atoms with Gasteiger partial charge in [-0.25, -0.2) is 14.6 Å². The number of likely N-dealkylation sites (tertiary alicyclic amines) is 2. The van der Waals surface area contributed by atoms with Gasteiger partial charge in [0.25, 0.3) is 5.91 Å². The van der Waals surface area contributed by atoms with Crippen LogP contribution in [0.4, 0.5) is 15.3 Å². The normalized spacial score (nSPS) is 17.9. The predicted molar refractivity (Wildman–Crippen MR) is 241 cm³/mol. The molecule has 64 heavy (non-hydrogen) atoms. The number of methoxy groups -OCH3 is 2. The van der Waals surface area contributed by atoms with Crippen molar-refractivity contribution in [3.05, 3.63) is 118 Å². The number of aromatic amines is 1. The highest BCUT2D eigenvalue weighted by Crippen LogP contribution is 2.37. The van der Waals surface area contributed by atoms with Crippen LogP contribution in [-0.2, 0) is 25.5 Å². The molecule has 0 saturated carbocycles. The molecule has 4 atom stereocenters. The molecule has 15 heteroatoms. The van der Waals surface area contributed by atoms with Gasteiger partial charge >= 0.3 is 12.2 Å². The third-order valence-corrected chi connectivity index (χ3v) is 12.6. The lowest BCUT2D eigenvalue weighted by Crippen LogP contribution is -2.53. The van der Waals surface area contributed by atoms with E-state index in [9.17, 15) is 24.0 Å². The first-order valence-electron chi connectivity index (χ1n) is 21.6. The summed E-state index contributed by atoms with van der Waals surface area (Å²) in [6, 6.07) is 24.1. The molecule has 2 saturated heterocycles. The van der Waals surface area contributed by atoms with Crippen molar-refractivity contribution in [2.75, 3.05) is 27.3 Å². The average Bonchev–Trinajstić information content (AvgIpc) is 4.16. The van der Waals surface area contributed by atoms with Gasteiger partial charge in [-0.1, -0.05) is 56.3 Å². The van der Waals surface area contributed by atoms with Crippen molar-refractivity contribution in [2.24, 2.45) is 10.9 Å². The predicted octanol–water partition coefficient (Wildman–Crippen LogP) is 7.76. The van der Waals surface area contributed by atoms with Crippen molar-refractivity contribution in [1.29, 1.82) is 0 Å². The Labute approximate surface area is 368 Å². The molecule has 3 aliphatic heterocycles. The standard InChI is InChI=1S/C49H49N7O8/c1-27(2)42(53-48(60)62-3)46(58)55-20-8-12-38(55)36-24-32-22-29(15-18-35(32)51-36)30-14-17-33-41(25-30)64-40-19-16-31(23-34(40)44(33)57)37-26-50-45(52-37)39-13-9-21-56(39)47(59)43(54-49(61)63-4)28-10-6-5-7-11-28/h5-7,10-11,14-19,22-23,25-27,38-39,42-43H,8-9,12-13,20-21,24H2,1-4H3,(H,50,52)(H,53,60)(H,54,61)/t38-,39-,42-,43+/m0/s1. The molecule has 2 fully saturated rings. The first-order chi connectivity index (χ1) is 31.0. The molecule has 0 unspecified atom stereocenters. The summed E-state index contributed by atoms with van der Waals surface area (Å²) in [5, 5.41) is 6.28. The molecule has 3 aliphatic rings. The number of aromatic nitrogens is 2. The minimum Gasteiger partial charge on any atom is -0.456 e. The number of alkyl carbamates (subject to hydrolysis) is 2. The fourth-order valence-corrected chi connectivity index (χ4v) is 9.30. The summed E-state index contributed by atoms with van der Waals surface area (Å²) in [4.78, 5) is 82.7. The second-order valence-electron chi connectivity index (χ2n) is 16.9. The van der Waals surface area contributed by atoms with Crippen molar-refractivity contribution < 1.29 is 33.1 Å². The van der Waals surface area contributed by atoms with Crippen molar-refractivity contribution in [3.63, 3.8) is 0 Å². The molecule has 5 heterocycles. The molecule has 15 nitrogen and oxygen atoms in total. The molecule has 4 aromatic carbocycles. The Balaban J connectivity index is 0.921. The second-order valence-corrected chi connectivity index (χ2v) is 16.9. The number of ether oxygens (including phenoxy) is 2. The summed E-state index contributed by atoms with van der Waals surface area (Å²) in [6.07, 6.45) is 4.07. The van der Waals surface area contributed by atoms with E-state index >= 15 is 0 Å². The Morgan fingerprint density at radius 2 is 1.45 bits per heavy atom. The summed E-state index contributed by atoms with van der Waals surface area (Å²) in [5.41, 5.74) is 7.49. The van der Waals surface area contributed by atoms with Gasteiger partial charge in [-0.3, -0.25) is 19.4 Å². The number of aliphatic imine (C=N–C) groups is 1. The summed E-state index contributed by atoms with van der Waals surface area (Å²) >= 11 is 0. The smallest absolute Gasteiger partial charge is 0.407 e. The van der Waals surface area contributed by atoms with Crippen LogP contribution >= 0.6 is 0 Å². The van der Waals surface area contributed by atoms with Gasteiger partial charge in [-0.15, -0.1) is 0 Å². The molecule has 0 aliphatic carbocycles. The Hall–Kier alpha value is -7.29. The van der Waals surface area contributed by atoms with Gasteiger partial charge in [0.2, 0.25) is 11.3 Å². The largest absolute Gasteiger partial charge is 0.456 e. The molecule has 4 amide bonds. The molecular formula is C49H49N7O8. The van der Waals surface area contributed by atoms with E-state index in [0.717, 1.165) is 52.9 Å². The summed E-state index contributed by atoms with van der Waals surface area (Å²) in [7, 11) is 2.55. The number of H-pyrrole nitrogens is 1. The number of fused-ring (bicyclic) bond motifs is 3. The number of carbonyl (C=O) groups excluding carboxylic acids is 4. The van der Waals surface area contributed by atoms with Gasteiger partial charge in [0.1, 0.15) is 29.1 Å². The summed E-state index contributed by atoms with van der Waals surface area (Å²) in [6.45, 7) is 4.90. The maximum atomic E-state index is 14.0. The molecule has 0 radical (unpaired) electrons. The SMILES string of the molecule is COC(=O)N[C@H](C(=O)N1CCC[C@H]1C1=Nc2ccc(-c3ccc4c(=O)c5cc(-c6cnc([C@@H]7CCCN7C(=O)[C@H](NC(=O)OC)c7ccccc7)[nH]6)ccc5oc4c3)cc2C1)C(C)C. The third-order valence-electron chi connectivity index (χ3n) is 12.6. The first kappa shape index (κ1) is 42.0. The minimum absolute atomic E-state index is 0.120. The van der Waals surface area contributed by atoms with Crippen molar-refractivity contribution >= 4 is 57.3 Å². The lowest BCUT2D eigenvalue weighted by Gasteiger charge is -2.30. The van der Waals surface area contributed by atoms with E-state index in [1.165, 1.54) is 14.2 Å². The summed E-state index contributed by atoms with van der Waals surface area (Å²) in [5.74, 6) is 0.0961. The molecule has 6 aromatic rings. The number of rotatable bonds is 10. The first-order valence-corrected chi connectivity index (χ1v) is 21.6. The van der Waals surface area contributed by atoms with Crippen LogP contribution in [0.25, 0.3) is 44.3 Å². The number of benzene rings is 4. The lowest BCUT2D eigenvalue weighted by atomic mass is 9.97. The van der Waals surface area contributed by atoms with Crippen LogP contribution in [0.3, 0.4) is 0 Å². The van der Waals surface area contributed by atoms with E-state index in [2.05, 4.69) is 26.7 Å². The number of carbonyl (C=O) groups is 4. The highest BCUT2D eigenvalue weighted by Gasteiger charge is 2.40. The quantitative estimate of drug-likeness (QED) is 0.116. The molecule has 328 valence electrons. The van der Waals surface area contributed by atoms with E-state index < -0.39 is 24.3 Å². The van der Waals surface area contributed by atoms with E-state index in [1.54, 1.807) is 41.4 Å². The number of amides is 4. The van der Waals surface area contributed by atoms with Crippen LogP contribution < -0.4 is 16.1 Å². The van der Waals surface area contributed by atoms with Crippen molar-refractivity contribution in [1.82, 2.24) is 30.4 Å². The van der Waals surface area contributed by atoms with Gasteiger partial charge in [-0.05, 0) is 96.3 Å². The summed E-state index contributed by atoms with van der Waals surface area (Å²) < 4.78 is 16.0. The van der Waals surface area contributed by atoms with Crippen LogP contribution in [-0.4, -0.2) is 88.9 Å². The number of imidazole rings is 1. The van der Waals surface area contributed by atoms with Gasteiger partial charge in [-0.2, -0.15) is 0 Å². The van der Waals surface area contributed by atoms with Crippen molar-refractivity contribution in [2.45, 2.75) is 70.1 Å². The fraction of sp³-hybridized carbons (Fsp3) is 0.327. The Morgan fingerprint density at radius 1 is 0.766 bits per heavy atom. The molecule has 2 aromatic heterocycles. The zero-order chi connectivity index (χ0) is 44.6. The minimum atomic E-state index is -0.929. The highest BCUT2D eigenvalue weighted by molar-refractivity contribution is 6.01. The van der Waals surface area contributed by atoms with Crippen LogP contribution in [0, 0.1) is 5.92 Å². The maximum Gasteiger partial charge on any atom is 0.407 e. The van der Waals surface area contributed by atoms with Crippen molar-refractivity contribution in [3.8, 4) is 22.4 Å².